The number of allylic oxidation sites excluding steroid dienone is 1. The highest BCUT2D eigenvalue weighted by molar-refractivity contribution is 5.91. The van der Waals surface area contributed by atoms with Crippen LogP contribution in [0.3, 0.4) is 0 Å². The van der Waals surface area contributed by atoms with Crippen LogP contribution in [-0.2, 0) is 0 Å². The SMILES string of the molecule is COc1ccc(-c2nc(C3=C4C=CC(N(C)C)C=C4Oc4cc(N(C)C)ccc43)c[nH+]c2-c2ccc(OC)cc2)cc1. The van der Waals surface area contributed by atoms with Gasteiger partial charge in [-0.1, -0.05) is 12.2 Å². The lowest BCUT2D eigenvalue weighted by atomic mass is 9.89. The van der Waals surface area contributed by atoms with Crippen LogP contribution >= 0.6 is 0 Å². The molecule has 1 N–H and O–H groups in total. The van der Waals surface area contributed by atoms with Crippen molar-refractivity contribution >= 4 is 11.3 Å². The summed E-state index contributed by atoms with van der Waals surface area (Å²) in [5.41, 5.74) is 8.66. The molecule has 0 amide bonds. The molecule has 42 heavy (non-hydrogen) atoms. The second-order valence-corrected chi connectivity index (χ2v) is 10.8. The minimum atomic E-state index is 0.135. The van der Waals surface area contributed by atoms with E-state index in [1.165, 1.54) is 0 Å². The van der Waals surface area contributed by atoms with Crippen molar-refractivity contribution in [2.75, 3.05) is 47.3 Å². The third kappa shape index (κ3) is 5.03. The molecule has 0 saturated heterocycles. The summed E-state index contributed by atoms with van der Waals surface area (Å²) in [6.45, 7) is 0. The van der Waals surface area contributed by atoms with E-state index >= 15 is 0 Å². The molecule has 1 unspecified atom stereocenters. The maximum Gasteiger partial charge on any atom is 0.237 e. The van der Waals surface area contributed by atoms with Crippen molar-refractivity contribution in [1.82, 2.24) is 9.88 Å². The normalized spacial score (nSPS) is 15.5. The number of nitrogens with one attached hydrogen (secondary N) is 1. The van der Waals surface area contributed by atoms with Gasteiger partial charge in [-0.2, -0.15) is 0 Å². The minimum absolute atomic E-state index is 0.135. The summed E-state index contributed by atoms with van der Waals surface area (Å²) >= 11 is 0. The molecule has 0 spiro atoms. The van der Waals surface area contributed by atoms with E-state index in [-0.39, 0.29) is 6.04 Å². The van der Waals surface area contributed by atoms with E-state index in [4.69, 9.17) is 19.2 Å². The van der Waals surface area contributed by atoms with Crippen LogP contribution in [0, 0.1) is 0 Å². The van der Waals surface area contributed by atoms with Gasteiger partial charge in [-0.05, 0) is 80.8 Å². The molecule has 6 rings (SSSR count). The van der Waals surface area contributed by atoms with Gasteiger partial charge in [-0.15, -0.1) is 0 Å². The van der Waals surface area contributed by atoms with Crippen molar-refractivity contribution in [3.05, 3.63) is 114 Å². The van der Waals surface area contributed by atoms with Crippen LogP contribution in [0.4, 0.5) is 5.69 Å². The lowest BCUT2D eigenvalue weighted by Gasteiger charge is -2.30. The second kappa shape index (κ2) is 11.2. The minimum Gasteiger partial charge on any atom is -0.497 e. The number of anilines is 1. The van der Waals surface area contributed by atoms with Crippen LogP contribution in [0.25, 0.3) is 28.1 Å². The molecule has 2 heterocycles. The highest BCUT2D eigenvalue weighted by Crippen LogP contribution is 2.44. The summed E-state index contributed by atoms with van der Waals surface area (Å²) in [7, 11) is 11.5. The van der Waals surface area contributed by atoms with Gasteiger partial charge in [-0.3, -0.25) is 4.90 Å². The maximum absolute atomic E-state index is 6.55. The molecular weight excluding hydrogens is 524 g/mol. The molecule has 2 aliphatic rings. The molecule has 0 saturated carbocycles. The molecule has 1 aromatic heterocycles. The molecular formula is C35H35N4O3+. The Bertz CT molecular complexity index is 1720. The van der Waals surface area contributed by atoms with Crippen LogP contribution < -0.4 is 24.1 Å². The molecule has 0 bridgehead atoms. The van der Waals surface area contributed by atoms with Crippen LogP contribution in [0.5, 0.6) is 17.2 Å². The van der Waals surface area contributed by atoms with Crippen LogP contribution in [0.15, 0.2) is 102 Å². The molecule has 212 valence electrons. The maximum atomic E-state index is 6.55. The molecule has 0 radical (unpaired) electrons. The number of likely N-dealkylation sites (N-methyl/N-ethyl adjacent to an activating group) is 1. The fraction of sp³-hybridized carbons (Fsp3) is 0.200. The van der Waals surface area contributed by atoms with E-state index in [0.29, 0.717) is 0 Å². The number of nitrogens with zero attached hydrogens (tertiary/aromatic N) is 3. The number of H-pyrrole nitrogens is 1. The first-order valence-corrected chi connectivity index (χ1v) is 13.9. The second-order valence-electron chi connectivity index (χ2n) is 10.8. The fourth-order valence-electron chi connectivity index (χ4n) is 5.29. The van der Waals surface area contributed by atoms with Crippen molar-refractivity contribution < 1.29 is 19.2 Å². The first-order valence-electron chi connectivity index (χ1n) is 13.9. The fourth-order valence-corrected chi connectivity index (χ4v) is 5.29. The lowest BCUT2D eigenvalue weighted by molar-refractivity contribution is -0.365. The van der Waals surface area contributed by atoms with Crippen molar-refractivity contribution in [3.8, 4) is 39.8 Å². The molecule has 1 aliphatic heterocycles. The van der Waals surface area contributed by atoms with Gasteiger partial charge < -0.3 is 19.1 Å². The van der Waals surface area contributed by atoms with E-state index in [9.17, 15) is 0 Å². The Morgan fingerprint density at radius 3 is 2.12 bits per heavy atom. The summed E-state index contributed by atoms with van der Waals surface area (Å²) in [5, 5.41) is 0. The van der Waals surface area contributed by atoms with E-state index < -0.39 is 0 Å². The Balaban J connectivity index is 1.57. The number of ether oxygens (including phenoxy) is 3. The molecule has 1 atom stereocenters. The van der Waals surface area contributed by atoms with Gasteiger partial charge in [0.05, 0.1) is 14.2 Å². The summed E-state index contributed by atoms with van der Waals surface area (Å²) < 4.78 is 17.4. The number of hydrogen-bond donors (Lipinski definition) is 0. The molecule has 0 fully saturated rings. The quantitative estimate of drug-likeness (QED) is 0.281. The molecule has 3 aromatic carbocycles. The zero-order valence-corrected chi connectivity index (χ0v) is 24.8. The average molecular weight is 560 g/mol. The third-order valence-corrected chi connectivity index (χ3v) is 7.70. The van der Waals surface area contributed by atoms with Crippen molar-refractivity contribution in [2.24, 2.45) is 0 Å². The zero-order valence-electron chi connectivity index (χ0n) is 24.8. The molecule has 1 aliphatic carbocycles. The van der Waals surface area contributed by atoms with Gasteiger partial charge in [-0.25, -0.2) is 9.97 Å². The number of methoxy groups -OCH3 is 2. The number of benzene rings is 3. The van der Waals surface area contributed by atoms with Crippen LogP contribution in [0.2, 0.25) is 0 Å². The Kier molecular flexibility index (Phi) is 7.27. The largest absolute Gasteiger partial charge is 0.497 e. The van der Waals surface area contributed by atoms with Gasteiger partial charge in [0.1, 0.15) is 34.4 Å². The Morgan fingerprint density at radius 2 is 1.50 bits per heavy atom. The highest BCUT2D eigenvalue weighted by atomic mass is 16.5. The van der Waals surface area contributed by atoms with Crippen LogP contribution in [0.1, 0.15) is 11.3 Å². The average Bonchev–Trinajstić information content (AvgIpc) is 3.02. The summed E-state index contributed by atoms with van der Waals surface area (Å²) in [4.78, 5) is 13.2. The first kappa shape index (κ1) is 27.3. The predicted octanol–water partition coefficient (Wildman–Crippen LogP) is 5.89. The van der Waals surface area contributed by atoms with Gasteiger partial charge in [0, 0.05) is 59.7 Å². The smallest absolute Gasteiger partial charge is 0.237 e. The van der Waals surface area contributed by atoms with Gasteiger partial charge in [0.2, 0.25) is 5.69 Å². The third-order valence-electron chi connectivity index (χ3n) is 7.70. The highest BCUT2D eigenvalue weighted by Gasteiger charge is 2.31. The van der Waals surface area contributed by atoms with Gasteiger partial charge >= 0.3 is 0 Å². The standard InChI is InChI=1S/C35H34N4O3/c1-38(2)24-11-17-28-31(19-24)42-32-20-25(39(3)4)12-18-29(32)33(28)30-21-36-34(22-7-13-26(40-5)14-8-22)35(37-30)23-9-15-27(41-6)16-10-23/h7-21,24H,1-6H3/p+1. The van der Waals surface area contributed by atoms with Crippen molar-refractivity contribution in [1.29, 1.82) is 0 Å². The van der Waals surface area contributed by atoms with Gasteiger partial charge in [0.25, 0.3) is 0 Å². The topological polar surface area (TPSA) is 61.2 Å². The van der Waals surface area contributed by atoms with Crippen molar-refractivity contribution in [3.63, 3.8) is 0 Å². The number of hydrogen-bond acceptors (Lipinski definition) is 6. The Morgan fingerprint density at radius 1 is 0.833 bits per heavy atom. The molecule has 7 heteroatoms. The Labute approximate surface area is 247 Å². The van der Waals surface area contributed by atoms with Crippen LogP contribution in [-0.4, -0.2) is 58.3 Å². The van der Waals surface area contributed by atoms with E-state index in [1.54, 1.807) is 14.2 Å². The van der Waals surface area contributed by atoms with E-state index in [1.807, 2.05) is 68.8 Å². The van der Waals surface area contributed by atoms with E-state index in [2.05, 4.69) is 65.3 Å². The Hall–Kier alpha value is -4.88. The first-order chi connectivity index (χ1) is 20.4. The lowest BCUT2D eigenvalue weighted by Crippen LogP contribution is -2.27. The zero-order chi connectivity index (χ0) is 29.4. The molecule has 4 aromatic rings. The van der Waals surface area contributed by atoms with Crippen molar-refractivity contribution in [2.45, 2.75) is 6.04 Å². The summed E-state index contributed by atoms with van der Waals surface area (Å²) in [5.74, 6) is 3.24. The van der Waals surface area contributed by atoms with E-state index in [0.717, 1.165) is 73.6 Å². The number of aromatic nitrogens is 2. The molecule has 7 nitrogen and oxygen atoms in total. The summed E-state index contributed by atoms with van der Waals surface area (Å²) in [6.07, 6.45) is 8.51. The number of aromatic amines is 1. The number of fused-ring (bicyclic) bond motifs is 2. The predicted molar refractivity (Wildman–Crippen MR) is 167 cm³/mol. The summed E-state index contributed by atoms with van der Waals surface area (Å²) in [6, 6.07) is 22.5. The monoisotopic (exact) mass is 559 g/mol. The number of rotatable bonds is 7. The van der Waals surface area contributed by atoms with Gasteiger partial charge in [0.15, 0.2) is 6.20 Å².